The van der Waals surface area contributed by atoms with E-state index in [1.54, 1.807) is 18.2 Å². The lowest BCUT2D eigenvalue weighted by Gasteiger charge is -2.10. The van der Waals surface area contributed by atoms with Crippen molar-refractivity contribution < 1.29 is 9.59 Å². The molecule has 3 N–H and O–H groups in total. The normalized spacial score (nSPS) is 10.2. The molecule has 0 unspecified atom stereocenters. The van der Waals surface area contributed by atoms with Gasteiger partial charge in [-0.1, -0.05) is 31.5 Å². The Labute approximate surface area is 156 Å². The maximum atomic E-state index is 12.1. The summed E-state index contributed by atoms with van der Waals surface area (Å²) in [7, 11) is 0. The van der Waals surface area contributed by atoms with E-state index in [4.69, 9.17) is 0 Å². The fourth-order valence-electron chi connectivity index (χ4n) is 2.19. The van der Waals surface area contributed by atoms with Gasteiger partial charge in [-0.2, -0.15) is 0 Å². The Morgan fingerprint density at radius 1 is 1.08 bits per heavy atom. The van der Waals surface area contributed by atoms with Crippen LogP contribution in [0.2, 0.25) is 0 Å². The van der Waals surface area contributed by atoms with Crippen molar-refractivity contribution in [2.75, 3.05) is 23.7 Å². The molecule has 0 spiro atoms. The molecule has 0 aromatic heterocycles. The fourth-order valence-corrected chi connectivity index (χ4v) is 2.57. The summed E-state index contributed by atoms with van der Waals surface area (Å²) in [6.45, 7) is 2.86. The number of halogens is 1. The van der Waals surface area contributed by atoms with Crippen LogP contribution >= 0.6 is 15.9 Å². The summed E-state index contributed by atoms with van der Waals surface area (Å²) in [5.41, 5.74) is 2.02. The van der Waals surface area contributed by atoms with Gasteiger partial charge in [-0.25, -0.2) is 0 Å². The Hall–Kier alpha value is -2.34. The van der Waals surface area contributed by atoms with E-state index in [9.17, 15) is 9.59 Å². The first-order valence-corrected chi connectivity index (χ1v) is 9.06. The molecule has 25 heavy (non-hydrogen) atoms. The number of hydrogen-bond donors (Lipinski definition) is 3. The number of carbonyl (C=O) groups is 2. The zero-order chi connectivity index (χ0) is 18.1. The molecular weight excluding hydrogens is 382 g/mol. The Kier molecular flexibility index (Phi) is 7.47. The average Bonchev–Trinajstić information content (AvgIpc) is 2.62. The molecule has 0 saturated heterocycles. The average molecular weight is 404 g/mol. The molecule has 0 fully saturated rings. The molecule has 132 valence electrons. The summed E-state index contributed by atoms with van der Waals surface area (Å²) in [6.07, 6.45) is 1.99. The summed E-state index contributed by atoms with van der Waals surface area (Å²) < 4.78 is 0.828. The quantitative estimate of drug-likeness (QED) is 0.582. The number of hydrogen-bond acceptors (Lipinski definition) is 3. The minimum absolute atomic E-state index is 0.102. The Bertz CT molecular complexity index is 734. The van der Waals surface area contributed by atoms with Gasteiger partial charge in [0.2, 0.25) is 5.91 Å². The molecule has 5 nitrogen and oxygen atoms in total. The summed E-state index contributed by atoms with van der Waals surface area (Å²) in [4.78, 5) is 24.1. The van der Waals surface area contributed by atoms with Gasteiger partial charge in [0, 0.05) is 22.3 Å². The van der Waals surface area contributed by atoms with E-state index in [0.29, 0.717) is 12.1 Å². The predicted octanol–water partition coefficient (Wildman–Crippen LogP) is 4.03. The van der Waals surface area contributed by atoms with Gasteiger partial charge in [0.15, 0.2) is 0 Å². The molecular formula is C19H22BrN3O2. The first-order chi connectivity index (χ1) is 12.1. The van der Waals surface area contributed by atoms with Gasteiger partial charge in [0.1, 0.15) is 0 Å². The molecule has 0 aliphatic carbocycles. The van der Waals surface area contributed by atoms with Crippen LogP contribution in [0.5, 0.6) is 0 Å². The molecule has 2 amide bonds. The van der Waals surface area contributed by atoms with Crippen LogP contribution in [0.3, 0.4) is 0 Å². The minimum atomic E-state index is -0.162. The third-order valence-electron chi connectivity index (χ3n) is 3.54. The van der Waals surface area contributed by atoms with Crippen molar-refractivity contribution in [3.63, 3.8) is 0 Å². The van der Waals surface area contributed by atoms with Crippen LogP contribution in [0, 0.1) is 0 Å². The van der Waals surface area contributed by atoms with Gasteiger partial charge in [0.05, 0.1) is 12.2 Å². The van der Waals surface area contributed by atoms with E-state index in [-0.39, 0.29) is 18.4 Å². The highest BCUT2D eigenvalue weighted by molar-refractivity contribution is 9.10. The van der Waals surface area contributed by atoms with Crippen LogP contribution in [-0.4, -0.2) is 24.9 Å². The highest BCUT2D eigenvalue weighted by Crippen LogP contribution is 2.21. The molecule has 0 atom stereocenters. The molecule has 0 radical (unpaired) electrons. The first kappa shape index (κ1) is 19.0. The van der Waals surface area contributed by atoms with E-state index in [1.165, 1.54) is 0 Å². The number of rotatable bonds is 8. The Morgan fingerprint density at radius 2 is 1.88 bits per heavy atom. The van der Waals surface area contributed by atoms with Crippen molar-refractivity contribution in [2.24, 2.45) is 0 Å². The third kappa shape index (κ3) is 6.23. The molecule has 0 bridgehead atoms. The second kappa shape index (κ2) is 9.84. The van der Waals surface area contributed by atoms with Crippen molar-refractivity contribution >= 4 is 39.1 Å². The van der Waals surface area contributed by atoms with Crippen molar-refractivity contribution in [1.29, 1.82) is 0 Å². The lowest BCUT2D eigenvalue weighted by atomic mass is 10.2. The highest BCUT2D eigenvalue weighted by Gasteiger charge is 2.07. The zero-order valence-corrected chi connectivity index (χ0v) is 15.7. The molecule has 2 aromatic carbocycles. The maximum Gasteiger partial charge on any atom is 0.251 e. The topological polar surface area (TPSA) is 70.2 Å². The van der Waals surface area contributed by atoms with Crippen LogP contribution < -0.4 is 16.0 Å². The SMILES string of the molecule is CCCCNC(=O)c1cccc(NCC(=O)Nc2ccccc2Br)c1. The van der Waals surface area contributed by atoms with E-state index >= 15 is 0 Å². The van der Waals surface area contributed by atoms with Crippen LogP contribution in [0.15, 0.2) is 53.0 Å². The number of carbonyl (C=O) groups excluding carboxylic acids is 2. The summed E-state index contributed by atoms with van der Waals surface area (Å²) >= 11 is 3.39. The van der Waals surface area contributed by atoms with Gasteiger partial charge in [-0.15, -0.1) is 0 Å². The van der Waals surface area contributed by atoms with Gasteiger partial charge in [-0.05, 0) is 52.7 Å². The zero-order valence-electron chi connectivity index (χ0n) is 14.1. The van der Waals surface area contributed by atoms with Gasteiger partial charge >= 0.3 is 0 Å². The number of unbranched alkanes of at least 4 members (excludes halogenated alkanes) is 1. The van der Waals surface area contributed by atoms with Crippen molar-refractivity contribution in [1.82, 2.24) is 5.32 Å². The summed E-state index contributed by atoms with van der Waals surface area (Å²) in [5.74, 6) is -0.264. The van der Waals surface area contributed by atoms with E-state index < -0.39 is 0 Å². The number of benzene rings is 2. The Balaban J connectivity index is 1.88. The van der Waals surface area contributed by atoms with Crippen molar-refractivity contribution in [3.05, 3.63) is 58.6 Å². The molecule has 0 saturated carbocycles. The Morgan fingerprint density at radius 3 is 2.64 bits per heavy atom. The molecule has 0 aliphatic rings. The van der Waals surface area contributed by atoms with E-state index in [2.05, 4.69) is 38.8 Å². The largest absolute Gasteiger partial charge is 0.376 e. The number of amides is 2. The van der Waals surface area contributed by atoms with Crippen LogP contribution in [0.25, 0.3) is 0 Å². The summed E-state index contributed by atoms with van der Waals surface area (Å²) in [6, 6.07) is 14.5. The number of anilines is 2. The fraction of sp³-hybridized carbons (Fsp3) is 0.263. The molecule has 6 heteroatoms. The standard InChI is InChI=1S/C19H22BrN3O2/c1-2-3-11-21-19(25)14-7-6-8-15(12-14)22-13-18(24)23-17-10-5-4-9-16(17)20/h4-10,12,22H,2-3,11,13H2,1H3,(H,21,25)(H,23,24). The smallest absolute Gasteiger partial charge is 0.251 e. The lowest BCUT2D eigenvalue weighted by Crippen LogP contribution is -2.25. The van der Waals surface area contributed by atoms with Gasteiger partial charge in [0.25, 0.3) is 5.91 Å². The second-order valence-corrected chi connectivity index (χ2v) is 6.43. The van der Waals surface area contributed by atoms with Crippen molar-refractivity contribution in [3.8, 4) is 0 Å². The molecule has 0 aliphatic heterocycles. The van der Waals surface area contributed by atoms with Crippen LogP contribution in [0.1, 0.15) is 30.1 Å². The monoisotopic (exact) mass is 403 g/mol. The van der Waals surface area contributed by atoms with Gasteiger partial charge in [-0.3, -0.25) is 9.59 Å². The van der Waals surface area contributed by atoms with Crippen LogP contribution in [0.4, 0.5) is 11.4 Å². The van der Waals surface area contributed by atoms with E-state index in [0.717, 1.165) is 28.7 Å². The van der Waals surface area contributed by atoms with E-state index in [1.807, 2.05) is 30.3 Å². The first-order valence-electron chi connectivity index (χ1n) is 8.26. The number of para-hydroxylation sites is 1. The van der Waals surface area contributed by atoms with Crippen LogP contribution in [-0.2, 0) is 4.79 Å². The second-order valence-electron chi connectivity index (χ2n) is 5.57. The molecule has 2 rings (SSSR count). The molecule has 0 heterocycles. The third-order valence-corrected chi connectivity index (χ3v) is 4.23. The lowest BCUT2D eigenvalue weighted by molar-refractivity contribution is -0.114. The maximum absolute atomic E-state index is 12.1. The summed E-state index contributed by atoms with van der Waals surface area (Å²) in [5, 5.41) is 8.74. The van der Waals surface area contributed by atoms with Gasteiger partial charge < -0.3 is 16.0 Å². The minimum Gasteiger partial charge on any atom is -0.376 e. The van der Waals surface area contributed by atoms with Crippen molar-refractivity contribution in [2.45, 2.75) is 19.8 Å². The number of nitrogens with one attached hydrogen (secondary N) is 3. The highest BCUT2D eigenvalue weighted by atomic mass is 79.9. The predicted molar refractivity (Wildman–Crippen MR) is 105 cm³/mol. The molecule has 2 aromatic rings.